The molecule has 2 heterocycles. The number of nitrogens with zero attached hydrogens (tertiary/aromatic N) is 2. The lowest BCUT2D eigenvalue weighted by atomic mass is 9.95. The summed E-state index contributed by atoms with van der Waals surface area (Å²) in [7, 11) is 1.29. The van der Waals surface area contributed by atoms with Gasteiger partial charge in [0.2, 0.25) is 0 Å². The van der Waals surface area contributed by atoms with Gasteiger partial charge in [0.25, 0.3) is 5.56 Å². The van der Waals surface area contributed by atoms with E-state index in [-0.39, 0.29) is 11.3 Å². The van der Waals surface area contributed by atoms with Crippen molar-refractivity contribution < 1.29 is 27.4 Å². The maximum atomic E-state index is 13.8. The number of halogens is 3. The number of rotatable bonds is 6. The average molecular weight is 553 g/mol. The van der Waals surface area contributed by atoms with Crippen LogP contribution in [0.5, 0.6) is 5.75 Å². The summed E-state index contributed by atoms with van der Waals surface area (Å²) in [5.74, 6) is -0.458. The number of aromatic nitrogens is 1. The first kappa shape index (κ1) is 26.4. The normalized spacial score (nSPS) is 15.7. The maximum absolute atomic E-state index is 13.8. The molecule has 0 spiro atoms. The number of alkyl halides is 3. The molecule has 0 amide bonds. The van der Waals surface area contributed by atoms with Crippen LogP contribution in [0, 0.1) is 0 Å². The Morgan fingerprint density at radius 2 is 1.74 bits per heavy atom. The number of hydrogen-bond donors (Lipinski definition) is 0. The van der Waals surface area contributed by atoms with Crippen LogP contribution in [-0.4, -0.2) is 30.4 Å². The SMILES string of the molecule is CCC1=C(C(=O)OC)[C@@H](c2ccccc2)n2c(s/c(=C\c3ccc(OCC(F)(F)F)c4ccccc34)c2=O)=N1. The van der Waals surface area contributed by atoms with E-state index in [9.17, 15) is 22.8 Å². The number of carbonyl (C=O) groups excluding carboxylic acids is 1. The van der Waals surface area contributed by atoms with Gasteiger partial charge in [-0.2, -0.15) is 13.2 Å². The van der Waals surface area contributed by atoms with Crippen LogP contribution in [0.3, 0.4) is 0 Å². The highest BCUT2D eigenvalue weighted by Crippen LogP contribution is 2.32. The van der Waals surface area contributed by atoms with Crippen molar-refractivity contribution in [2.45, 2.75) is 25.6 Å². The molecule has 0 fully saturated rings. The first-order chi connectivity index (χ1) is 18.7. The smallest absolute Gasteiger partial charge is 0.422 e. The van der Waals surface area contributed by atoms with Crippen molar-refractivity contribution in [2.24, 2.45) is 4.99 Å². The second kappa shape index (κ2) is 10.5. The molecule has 4 aromatic rings. The van der Waals surface area contributed by atoms with E-state index < -0.39 is 24.8 Å². The van der Waals surface area contributed by atoms with Gasteiger partial charge in [-0.05, 0) is 35.1 Å². The van der Waals surface area contributed by atoms with E-state index in [1.54, 1.807) is 36.4 Å². The van der Waals surface area contributed by atoms with Crippen LogP contribution < -0.4 is 19.6 Å². The standard InChI is InChI=1S/C29H23F3N2O4S/c1-3-21-24(27(36)37-2)25(17-9-5-4-6-10-17)34-26(35)23(39-28(34)33-21)15-18-13-14-22(38-16-29(30,31)32)20-12-8-7-11-19(18)20/h4-15,25H,3,16H2,1-2H3/b23-15-/t25-/m1/s1. The number of benzene rings is 3. The second-order valence-electron chi connectivity index (χ2n) is 8.80. The summed E-state index contributed by atoms with van der Waals surface area (Å²) in [4.78, 5) is 31.8. The molecule has 1 aliphatic rings. The summed E-state index contributed by atoms with van der Waals surface area (Å²) in [5.41, 5.74) is 1.88. The fourth-order valence-electron chi connectivity index (χ4n) is 4.66. The molecule has 0 radical (unpaired) electrons. The first-order valence-electron chi connectivity index (χ1n) is 12.1. The van der Waals surface area contributed by atoms with Crippen molar-refractivity contribution in [1.29, 1.82) is 0 Å². The van der Waals surface area contributed by atoms with Crippen molar-refractivity contribution >= 4 is 34.2 Å². The number of methoxy groups -OCH3 is 1. The zero-order valence-corrected chi connectivity index (χ0v) is 21.8. The van der Waals surface area contributed by atoms with Crippen molar-refractivity contribution in [2.75, 3.05) is 13.7 Å². The minimum atomic E-state index is -4.47. The lowest BCUT2D eigenvalue weighted by molar-refractivity contribution is -0.153. The van der Waals surface area contributed by atoms with Crippen molar-refractivity contribution in [3.63, 3.8) is 0 Å². The Morgan fingerprint density at radius 1 is 1.05 bits per heavy atom. The molecule has 39 heavy (non-hydrogen) atoms. The van der Waals surface area contributed by atoms with Gasteiger partial charge in [0, 0.05) is 5.39 Å². The van der Waals surface area contributed by atoms with Gasteiger partial charge >= 0.3 is 12.1 Å². The van der Waals surface area contributed by atoms with Crippen molar-refractivity contribution in [3.8, 4) is 5.75 Å². The van der Waals surface area contributed by atoms with Gasteiger partial charge in [0.15, 0.2) is 11.4 Å². The highest BCUT2D eigenvalue weighted by atomic mass is 32.1. The molecule has 1 aliphatic heterocycles. The molecule has 200 valence electrons. The van der Waals surface area contributed by atoms with E-state index in [0.29, 0.717) is 43.4 Å². The minimum Gasteiger partial charge on any atom is -0.483 e. The molecular weight excluding hydrogens is 529 g/mol. The maximum Gasteiger partial charge on any atom is 0.422 e. The number of esters is 1. The molecule has 1 atom stereocenters. The van der Waals surface area contributed by atoms with Gasteiger partial charge in [0.1, 0.15) is 5.75 Å². The van der Waals surface area contributed by atoms with Crippen LogP contribution in [0.2, 0.25) is 0 Å². The van der Waals surface area contributed by atoms with Gasteiger partial charge in [0.05, 0.1) is 29.0 Å². The van der Waals surface area contributed by atoms with Gasteiger partial charge in [-0.3, -0.25) is 9.36 Å². The van der Waals surface area contributed by atoms with Crippen LogP contribution in [0.1, 0.15) is 30.5 Å². The zero-order chi connectivity index (χ0) is 27.7. The summed E-state index contributed by atoms with van der Waals surface area (Å²) < 4.78 is 50.3. The van der Waals surface area contributed by atoms with Crippen molar-refractivity contribution in [3.05, 3.63) is 109 Å². The van der Waals surface area contributed by atoms with Crippen LogP contribution in [0.25, 0.3) is 16.8 Å². The van der Waals surface area contributed by atoms with Crippen LogP contribution in [0.15, 0.2) is 87.8 Å². The zero-order valence-electron chi connectivity index (χ0n) is 21.0. The molecule has 0 aliphatic carbocycles. The lowest BCUT2D eigenvalue weighted by Gasteiger charge is -2.25. The molecule has 0 unspecified atom stereocenters. The summed E-state index contributed by atoms with van der Waals surface area (Å²) >= 11 is 1.18. The number of carbonyl (C=O) groups is 1. The molecule has 1 aromatic heterocycles. The Bertz CT molecular complexity index is 1770. The Hall–Kier alpha value is -4.18. The number of fused-ring (bicyclic) bond motifs is 2. The lowest BCUT2D eigenvalue weighted by Crippen LogP contribution is -2.40. The highest BCUT2D eigenvalue weighted by molar-refractivity contribution is 7.07. The average Bonchev–Trinajstić information content (AvgIpc) is 3.25. The molecule has 0 saturated carbocycles. The summed E-state index contributed by atoms with van der Waals surface area (Å²) in [6.07, 6.45) is -2.32. The number of allylic oxidation sites excluding steroid dienone is 1. The third kappa shape index (κ3) is 5.12. The summed E-state index contributed by atoms with van der Waals surface area (Å²) in [6, 6.07) is 18.5. The molecule has 0 saturated heterocycles. The largest absolute Gasteiger partial charge is 0.483 e. The van der Waals surface area contributed by atoms with E-state index >= 15 is 0 Å². The Kier molecular flexibility index (Phi) is 7.14. The highest BCUT2D eigenvalue weighted by Gasteiger charge is 2.33. The van der Waals surface area contributed by atoms with Crippen LogP contribution in [0.4, 0.5) is 13.2 Å². The van der Waals surface area contributed by atoms with E-state index in [0.717, 1.165) is 5.56 Å². The third-order valence-electron chi connectivity index (χ3n) is 6.36. The fraction of sp³-hybridized carbons (Fsp3) is 0.207. The van der Waals surface area contributed by atoms with Gasteiger partial charge < -0.3 is 9.47 Å². The summed E-state index contributed by atoms with van der Waals surface area (Å²) in [6.45, 7) is 0.476. The molecule has 6 nitrogen and oxygen atoms in total. The Balaban J connectivity index is 1.69. The Morgan fingerprint density at radius 3 is 2.41 bits per heavy atom. The second-order valence-corrected chi connectivity index (χ2v) is 9.81. The molecule has 5 rings (SSSR count). The monoisotopic (exact) mass is 552 g/mol. The molecule has 10 heteroatoms. The molecule has 3 aromatic carbocycles. The number of thiazole rings is 1. The van der Waals surface area contributed by atoms with Crippen LogP contribution >= 0.6 is 11.3 Å². The van der Waals surface area contributed by atoms with E-state index in [1.165, 1.54) is 29.1 Å². The fourth-order valence-corrected chi connectivity index (χ4v) is 5.67. The molecular formula is C29H23F3N2O4S. The van der Waals surface area contributed by atoms with E-state index in [2.05, 4.69) is 4.99 Å². The number of ether oxygens (including phenoxy) is 2. The van der Waals surface area contributed by atoms with Gasteiger partial charge in [-0.1, -0.05) is 78.9 Å². The van der Waals surface area contributed by atoms with E-state index in [4.69, 9.17) is 9.47 Å². The third-order valence-corrected chi connectivity index (χ3v) is 7.34. The van der Waals surface area contributed by atoms with E-state index in [1.807, 2.05) is 37.3 Å². The Labute approximate surface area is 225 Å². The quantitative estimate of drug-likeness (QED) is 0.320. The predicted molar refractivity (Wildman–Crippen MR) is 142 cm³/mol. The first-order valence-corrected chi connectivity index (χ1v) is 12.9. The van der Waals surface area contributed by atoms with Gasteiger partial charge in [-0.15, -0.1) is 0 Å². The topological polar surface area (TPSA) is 69.9 Å². The molecule has 0 bridgehead atoms. The molecule has 0 N–H and O–H groups in total. The van der Waals surface area contributed by atoms with Crippen molar-refractivity contribution in [1.82, 2.24) is 4.57 Å². The minimum absolute atomic E-state index is 0.0981. The van der Waals surface area contributed by atoms with Crippen LogP contribution in [-0.2, 0) is 9.53 Å². The summed E-state index contributed by atoms with van der Waals surface area (Å²) in [5, 5.41) is 1.12. The van der Waals surface area contributed by atoms with Gasteiger partial charge in [-0.25, -0.2) is 9.79 Å². The predicted octanol–water partition coefficient (Wildman–Crippen LogP) is 4.89. The number of hydrogen-bond acceptors (Lipinski definition) is 6.